The number of benzene rings is 1. The van der Waals surface area contributed by atoms with Crippen molar-refractivity contribution >= 4 is 18.1 Å². The molecule has 0 saturated carbocycles. The Bertz CT molecular complexity index is 442. The molecular weight excluding hydrogens is 290 g/mol. The monoisotopic (exact) mass is 319 g/mol. The highest BCUT2D eigenvalue weighted by atomic mass is 16.5. The third-order valence-corrected chi connectivity index (χ3v) is 3.83. The van der Waals surface area contributed by atoms with Crippen molar-refractivity contribution in [2.24, 2.45) is 0 Å². The SMILES string of the molecule is CCCCCCCCCCCC(=O)Nc1ccc(OC=O)cc1. The number of amides is 1. The Hall–Kier alpha value is -1.84. The minimum Gasteiger partial charge on any atom is -0.429 e. The largest absolute Gasteiger partial charge is 0.429 e. The van der Waals surface area contributed by atoms with E-state index in [1.165, 1.54) is 44.9 Å². The van der Waals surface area contributed by atoms with Crippen molar-refractivity contribution in [1.82, 2.24) is 0 Å². The first-order valence-electron chi connectivity index (χ1n) is 8.76. The summed E-state index contributed by atoms with van der Waals surface area (Å²) in [6, 6.07) is 6.77. The number of carbonyl (C=O) groups excluding carboxylic acids is 2. The van der Waals surface area contributed by atoms with Crippen molar-refractivity contribution in [2.75, 3.05) is 5.32 Å². The molecule has 1 N–H and O–H groups in total. The zero-order chi connectivity index (χ0) is 16.8. The molecule has 0 bridgehead atoms. The molecule has 23 heavy (non-hydrogen) atoms. The minimum absolute atomic E-state index is 0.0389. The van der Waals surface area contributed by atoms with Crippen molar-refractivity contribution in [3.05, 3.63) is 24.3 Å². The normalized spacial score (nSPS) is 10.3. The molecule has 0 radical (unpaired) electrons. The molecule has 0 spiro atoms. The Morgan fingerprint density at radius 3 is 2.09 bits per heavy atom. The summed E-state index contributed by atoms with van der Waals surface area (Å²) in [7, 11) is 0. The number of unbranched alkanes of at least 4 members (excludes halogenated alkanes) is 8. The topological polar surface area (TPSA) is 55.4 Å². The van der Waals surface area contributed by atoms with E-state index in [0.29, 0.717) is 18.6 Å². The predicted molar refractivity (Wildman–Crippen MR) is 93.6 cm³/mol. The number of hydrogen-bond donors (Lipinski definition) is 1. The van der Waals surface area contributed by atoms with Crippen molar-refractivity contribution in [3.8, 4) is 5.75 Å². The number of rotatable bonds is 13. The second kappa shape index (κ2) is 12.7. The van der Waals surface area contributed by atoms with Crippen LogP contribution in [0.25, 0.3) is 0 Å². The van der Waals surface area contributed by atoms with Crippen LogP contribution in [0, 0.1) is 0 Å². The zero-order valence-electron chi connectivity index (χ0n) is 14.2. The van der Waals surface area contributed by atoms with Gasteiger partial charge in [0.25, 0.3) is 6.47 Å². The number of nitrogens with one attached hydrogen (secondary N) is 1. The van der Waals surface area contributed by atoms with Gasteiger partial charge in [-0.3, -0.25) is 9.59 Å². The summed E-state index contributed by atoms with van der Waals surface area (Å²) in [5, 5.41) is 2.85. The van der Waals surface area contributed by atoms with Gasteiger partial charge in [0.15, 0.2) is 0 Å². The van der Waals surface area contributed by atoms with Crippen LogP contribution in [0.2, 0.25) is 0 Å². The van der Waals surface area contributed by atoms with Gasteiger partial charge in [-0.15, -0.1) is 0 Å². The van der Waals surface area contributed by atoms with Gasteiger partial charge >= 0.3 is 0 Å². The van der Waals surface area contributed by atoms with Gasteiger partial charge in [0.05, 0.1) is 0 Å². The molecule has 0 aromatic heterocycles. The molecule has 128 valence electrons. The van der Waals surface area contributed by atoms with E-state index in [-0.39, 0.29) is 5.91 Å². The number of carbonyl (C=O) groups is 2. The highest BCUT2D eigenvalue weighted by molar-refractivity contribution is 5.90. The minimum atomic E-state index is 0.0389. The Morgan fingerprint density at radius 1 is 0.957 bits per heavy atom. The van der Waals surface area contributed by atoms with Crippen LogP contribution < -0.4 is 10.1 Å². The molecule has 0 aliphatic heterocycles. The van der Waals surface area contributed by atoms with Gasteiger partial charge in [0.1, 0.15) is 5.75 Å². The summed E-state index contributed by atoms with van der Waals surface area (Å²) in [6.45, 7) is 2.62. The Kier molecular flexibility index (Phi) is 10.6. The maximum absolute atomic E-state index is 11.8. The summed E-state index contributed by atoms with van der Waals surface area (Å²) >= 11 is 0. The van der Waals surface area contributed by atoms with Crippen LogP contribution in [0.3, 0.4) is 0 Å². The van der Waals surface area contributed by atoms with E-state index in [4.69, 9.17) is 4.74 Å². The fraction of sp³-hybridized carbons (Fsp3) is 0.579. The van der Waals surface area contributed by atoms with Gasteiger partial charge < -0.3 is 10.1 Å². The van der Waals surface area contributed by atoms with Crippen LogP contribution in [-0.4, -0.2) is 12.4 Å². The molecule has 4 nitrogen and oxygen atoms in total. The first-order valence-corrected chi connectivity index (χ1v) is 8.76. The van der Waals surface area contributed by atoms with Crippen LogP contribution in [0.15, 0.2) is 24.3 Å². The average molecular weight is 319 g/mol. The highest BCUT2D eigenvalue weighted by Gasteiger charge is 2.02. The smallest absolute Gasteiger partial charge is 0.298 e. The maximum Gasteiger partial charge on any atom is 0.298 e. The number of ether oxygens (including phenoxy) is 1. The van der Waals surface area contributed by atoms with E-state index >= 15 is 0 Å². The molecule has 0 fully saturated rings. The second-order valence-electron chi connectivity index (χ2n) is 5.87. The molecule has 0 saturated heterocycles. The molecule has 0 aliphatic rings. The van der Waals surface area contributed by atoms with E-state index < -0.39 is 0 Å². The third-order valence-electron chi connectivity index (χ3n) is 3.83. The van der Waals surface area contributed by atoms with Crippen LogP contribution in [-0.2, 0) is 9.59 Å². The van der Waals surface area contributed by atoms with Crippen molar-refractivity contribution in [3.63, 3.8) is 0 Å². The van der Waals surface area contributed by atoms with Gasteiger partial charge in [-0.25, -0.2) is 0 Å². The van der Waals surface area contributed by atoms with Gasteiger partial charge in [0.2, 0.25) is 5.91 Å². The Morgan fingerprint density at radius 2 is 1.52 bits per heavy atom. The second-order valence-corrected chi connectivity index (χ2v) is 5.87. The quantitative estimate of drug-likeness (QED) is 0.407. The van der Waals surface area contributed by atoms with Gasteiger partial charge in [-0.2, -0.15) is 0 Å². The lowest BCUT2D eigenvalue weighted by atomic mass is 10.1. The highest BCUT2D eigenvalue weighted by Crippen LogP contribution is 2.16. The first-order chi connectivity index (χ1) is 11.3. The van der Waals surface area contributed by atoms with E-state index in [0.717, 1.165) is 18.5 Å². The fourth-order valence-corrected chi connectivity index (χ4v) is 2.49. The van der Waals surface area contributed by atoms with Gasteiger partial charge in [-0.05, 0) is 30.7 Å². The summed E-state index contributed by atoms with van der Waals surface area (Å²) in [4.78, 5) is 22.0. The predicted octanol–water partition coefficient (Wildman–Crippen LogP) is 5.08. The van der Waals surface area contributed by atoms with E-state index in [1.807, 2.05) is 0 Å². The molecule has 0 aliphatic carbocycles. The Labute approximate surface area is 139 Å². The fourth-order valence-electron chi connectivity index (χ4n) is 2.49. The third kappa shape index (κ3) is 9.72. The van der Waals surface area contributed by atoms with Crippen molar-refractivity contribution in [1.29, 1.82) is 0 Å². The molecule has 0 unspecified atom stereocenters. The van der Waals surface area contributed by atoms with E-state index in [1.54, 1.807) is 24.3 Å². The van der Waals surface area contributed by atoms with E-state index in [2.05, 4.69) is 12.2 Å². The molecular formula is C19H29NO3. The standard InChI is InChI=1S/C19H29NO3/c1-2-3-4-5-6-7-8-9-10-11-19(22)20-17-12-14-18(15-13-17)23-16-21/h12-16H,2-11H2,1H3,(H,20,22). The number of hydrogen-bond acceptors (Lipinski definition) is 3. The molecule has 1 aromatic carbocycles. The summed E-state index contributed by atoms with van der Waals surface area (Å²) < 4.78 is 4.71. The van der Waals surface area contributed by atoms with Crippen LogP contribution in [0.1, 0.15) is 71.1 Å². The lowest BCUT2D eigenvalue weighted by Gasteiger charge is -2.06. The molecule has 0 heterocycles. The summed E-state index contributed by atoms with van der Waals surface area (Å²) in [5.41, 5.74) is 0.726. The van der Waals surface area contributed by atoms with Crippen molar-refractivity contribution < 1.29 is 14.3 Å². The lowest BCUT2D eigenvalue weighted by molar-refractivity contribution is -0.120. The zero-order valence-corrected chi connectivity index (χ0v) is 14.2. The molecule has 4 heteroatoms. The van der Waals surface area contributed by atoms with Gasteiger partial charge in [-0.1, -0.05) is 58.3 Å². The first kappa shape index (κ1) is 19.2. The van der Waals surface area contributed by atoms with Crippen LogP contribution in [0.5, 0.6) is 5.75 Å². The van der Waals surface area contributed by atoms with E-state index in [9.17, 15) is 9.59 Å². The molecule has 1 aromatic rings. The van der Waals surface area contributed by atoms with Crippen LogP contribution >= 0.6 is 0 Å². The number of anilines is 1. The molecule has 1 rings (SSSR count). The lowest BCUT2D eigenvalue weighted by Crippen LogP contribution is -2.10. The maximum atomic E-state index is 11.8. The average Bonchev–Trinajstić information content (AvgIpc) is 2.55. The molecule has 1 amide bonds. The van der Waals surface area contributed by atoms with Crippen LogP contribution in [0.4, 0.5) is 5.69 Å². The molecule has 0 atom stereocenters. The summed E-state index contributed by atoms with van der Waals surface area (Å²) in [6.07, 6.45) is 11.8. The van der Waals surface area contributed by atoms with Crippen molar-refractivity contribution in [2.45, 2.75) is 71.1 Å². The summed E-state index contributed by atoms with van der Waals surface area (Å²) in [5.74, 6) is 0.508. The van der Waals surface area contributed by atoms with Gasteiger partial charge in [0, 0.05) is 12.1 Å². The Balaban J connectivity index is 2.04.